The second-order valence-corrected chi connectivity index (χ2v) is 8.52. The van der Waals surface area contributed by atoms with Gasteiger partial charge >= 0.3 is 5.97 Å². The van der Waals surface area contributed by atoms with Crippen LogP contribution in [0.4, 0.5) is 11.4 Å². The van der Waals surface area contributed by atoms with Gasteiger partial charge in [0.15, 0.2) is 0 Å². The molecule has 1 aliphatic heterocycles. The average molecular weight is 471 g/mol. The lowest BCUT2D eigenvalue weighted by atomic mass is 10.1. The van der Waals surface area contributed by atoms with Crippen LogP contribution >= 0.6 is 11.6 Å². The maximum absolute atomic E-state index is 12.9. The van der Waals surface area contributed by atoms with E-state index in [4.69, 9.17) is 21.1 Å². The summed E-state index contributed by atoms with van der Waals surface area (Å²) in [6.45, 7) is 4.61. The van der Waals surface area contributed by atoms with Crippen molar-refractivity contribution in [2.45, 2.75) is 13.0 Å². The molecule has 0 saturated carbocycles. The molecule has 1 saturated heterocycles. The number of halogens is 1. The minimum absolute atomic E-state index is 0.194. The van der Waals surface area contributed by atoms with Gasteiger partial charge in [-0.15, -0.1) is 0 Å². The number of benzene rings is 2. The van der Waals surface area contributed by atoms with E-state index in [-0.39, 0.29) is 24.2 Å². The molecule has 0 radical (unpaired) electrons. The molecule has 3 aromatic rings. The predicted octanol–water partition coefficient (Wildman–Crippen LogP) is 3.77. The quantitative estimate of drug-likeness (QED) is 0.533. The molecule has 2 N–H and O–H groups in total. The van der Waals surface area contributed by atoms with E-state index in [0.29, 0.717) is 21.6 Å². The third kappa shape index (κ3) is 4.91. The average Bonchev–Trinajstić information content (AvgIpc) is 3.16. The smallest absolute Gasteiger partial charge is 0.356 e. The van der Waals surface area contributed by atoms with Gasteiger partial charge in [-0.2, -0.15) is 0 Å². The van der Waals surface area contributed by atoms with Crippen molar-refractivity contribution < 1.29 is 19.1 Å². The number of esters is 1. The lowest BCUT2D eigenvalue weighted by molar-refractivity contribution is -0.117. The van der Waals surface area contributed by atoms with Crippen molar-refractivity contribution in [3.05, 3.63) is 53.2 Å². The summed E-state index contributed by atoms with van der Waals surface area (Å²) >= 11 is 6.14. The Morgan fingerprint density at radius 3 is 2.73 bits per heavy atom. The molecule has 1 fully saturated rings. The van der Waals surface area contributed by atoms with Gasteiger partial charge in [0, 0.05) is 53.4 Å². The highest BCUT2D eigenvalue weighted by Crippen LogP contribution is 2.31. The van der Waals surface area contributed by atoms with E-state index in [9.17, 15) is 9.59 Å². The van der Waals surface area contributed by atoms with Gasteiger partial charge in [-0.3, -0.25) is 9.69 Å². The molecule has 9 heteroatoms. The molecule has 4 rings (SSSR count). The lowest BCUT2D eigenvalue weighted by Gasteiger charge is -2.41. The number of fused-ring (bicyclic) bond motifs is 1. The van der Waals surface area contributed by atoms with Crippen molar-refractivity contribution in [1.29, 1.82) is 0 Å². The normalized spacial score (nSPS) is 16.6. The van der Waals surface area contributed by atoms with Gasteiger partial charge in [0.1, 0.15) is 11.4 Å². The van der Waals surface area contributed by atoms with Crippen LogP contribution in [0.15, 0.2) is 42.5 Å². The number of nitrogens with zero attached hydrogens (tertiary/aromatic N) is 2. The number of nitrogens with one attached hydrogen (secondary N) is 2. The minimum Gasteiger partial charge on any atom is -0.497 e. The highest BCUT2D eigenvalue weighted by atomic mass is 35.5. The molecule has 0 spiro atoms. The molecular weight excluding hydrogens is 444 g/mol. The van der Waals surface area contributed by atoms with Crippen molar-refractivity contribution >= 4 is 45.8 Å². The highest BCUT2D eigenvalue weighted by Gasteiger charge is 2.27. The molecule has 0 aliphatic carbocycles. The fraction of sp³-hybridized carbons (Fsp3) is 0.333. The number of carbonyl (C=O) groups excluding carboxylic acids is 2. The Labute approximate surface area is 197 Å². The van der Waals surface area contributed by atoms with Crippen molar-refractivity contribution in [2.75, 3.05) is 50.6 Å². The maximum Gasteiger partial charge on any atom is 0.356 e. The molecule has 0 bridgehead atoms. The van der Waals surface area contributed by atoms with E-state index < -0.39 is 5.97 Å². The van der Waals surface area contributed by atoms with Crippen molar-refractivity contribution in [2.24, 2.45) is 0 Å². The number of methoxy groups -OCH3 is 2. The number of amides is 1. The number of H-pyrrole nitrogens is 1. The van der Waals surface area contributed by atoms with Crippen LogP contribution in [0.1, 0.15) is 17.4 Å². The standard InChI is InChI=1S/C24H27ClN4O4/c1-15-13-28(9-10-29(15)17-5-4-6-18(12-17)32-2)14-21(30)27-22-19-11-16(25)7-8-20(19)26-23(22)24(31)33-3/h4-8,11-12,15,26H,9-10,13-14H2,1-3H3,(H,27,30)/t15-/m1/s1. The van der Waals surface area contributed by atoms with Gasteiger partial charge in [-0.05, 0) is 37.3 Å². The van der Waals surface area contributed by atoms with Gasteiger partial charge in [0.05, 0.1) is 26.5 Å². The summed E-state index contributed by atoms with van der Waals surface area (Å²) in [5, 5.41) is 4.06. The Hall–Kier alpha value is -3.23. The molecule has 1 amide bonds. The van der Waals surface area contributed by atoms with Crippen LogP contribution in [0.25, 0.3) is 10.9 Å². The summed E-state index contributed by atoms with van der Waals surface area (Å²) < 4.78 is 10.2. The fourth-order valence-electron chi connectivity index (χ4n) is 4.28. The summed E-state index contributed by atoms with van der Waals surface area (Å²) in [5.74, 6) is 0.0583. The van der Waals surface area contributed by atoms with E-state index in [1.807, 2.05) is 18.2 Å². The Morgan fingerprint density at radius 2 is 2.00 bits per heavy atom. The Morgan fingerprint density at radius 1 is 1.18 bits per heavy atom. The van der Waals surface area contributed by atoms with Crippen LogP contribution in [0.3, 0.4) is 0 Å². The first-order chi connectivity index (χ1) is 15.9. The largest absolute Gasteiger partial charge is 0.497 e. The summed E-state index contributed by atoms with van der Waals surface area (Å²) in [6.07, 6.45) is 0. The summed E-state index contributed by atoms with van der Waals surface area (Å²) in [5.41, 5.74) is 2.37. The van der Waals surface area contributed by atoms with Crippen molar-refractivity contribution in [3.8, 4) is 5.75 Å². The first-order valence-corrected chi connectivity index (χ1v) is 11.1. The van der Waals surface area contributed by atoms with Crippen LogP contribution < -0.4 is 15.0 Å². The topological polar surface area (TPSA) is 86.9 Å². The van der Waals surface area contributed by atoms with Crippen LogP contribution in [0.2, 0.25) is 5.02 Å². The van der Waals surface area contributed by atoms with Gasteiger partial charge in [0.2, 0.25) is 5.91 Å². The van der Waals surface area contributed by atoms with Crippen LogP contribution in [-0.4, -0.2) is 68.2 Å². The van der Waals surface area contributed by atoms with Crippen LogP contribution in [-0.2, 0) is 9.53 Å². The number of hydrogen-bond donors (Lipinski definition) is 2. The molecule has 2 heterocycles. The second kappa shape index (κ2) is 9.72. The number of aromatic amines is 1. The van der Waals surface area contributed by atoms with Gasteiger partial charge in [-0.1, -0.05) is 17.7 Å². The maximum atomic E-state index is 12.9. The Kier molecular flexibility index (Phi) is 6.76. The monoisotopic (exact) mass is 470 g/mol. The number of piperazine rings is 1. The predicted molar refractivity (Wildman–Crippen MR) is 130 cm³/mol. The molecule has 33 heavy (non-hydrogen) atoms. The first-order valence-electron chi connectivity index (χ1n) is 10.7. The van der Waals surface area contributed by atoms with Gasteiger partial charge in [-0.25, -0.2) is 4.79 Å². The molecule has 8 nitrogen and oxygen atoms in total. The van der Waals surface area contributed by atoms with E-state index in [2.05, 4.69) is 33.1 Å². The number of anilines is 2. The van der Waals surface area contributed by atoms with Gasteiger partial charge in [0.25, 0.3) is 0 Å². The molecule has 174 valence electrons. The third-order valence-corrected chi connectivity index (χ3v) is 6.11. The Balaban J connectivity index is 1.45. The third-order valence-electron chi connectivity index (χ3n) is 5.88. The zero-order chi connectivity index (χ0) is 23.5. The van der Waals surface area contributed by atoms with Gasteiger partial charge < -0.3 is 24.7 Å². The highest BCUT2D eigenvalue weighted by molar-refractivity contribution is 6.31. The van der Waals surface area contributed by atoms with E-state index in [1.54, 1.807) is 25.3 Å². The lowest BCUT2D eigenvalue weighted by Crippen LogP contribution is -2.53. The van der Waals surface area contributed by atoms with Crippen molar-refractivity contribution in [1.82, 2.24) is 9.88 Å². The first kappa shape index (κ1) is 22.9. The molecule has 0 unspecified atom stereocenters. The number of rotatable bonds is 6. The Bertz CT molecular complexity index is 1180. The summed E-state index contributed by atoms with van der Waals surface area (Å²) in [6, 6.07) is 13.4. The zero-order valence-corrected chi connectivity index (χ0v) is 19.6. The summed E-state index contributed by atoms with van der Waals surface area (Å²) in [7, 11) is 2.96. The number of ether oxygens (including phenoxy) is 2. The SMILES string of the molecule is COC(=O)c1[nH]c2ccc(Cl)cc2c1NC(=O)CN1CCN(c2cccc(OC)c2)[C@H](C)C1. The second-order valence-electron chi connectivity index (χ2n) is 8.08. The molecule has 1 aromatic heterocycles. The molecule has 1 aliphatic rings. The molecule has 2 aromatic carbocycles. The number of carbonyl (C=O) groups is 2. The zero-order valence-electron chi connectivity index (χ0n) is 18.9. The molecular formula is C24H27ClN4O4. The van der Waals surface area contributed by atoms with Crippen LogP contribution in [0.5, 0.6) is 5.75 Å². The number of hydrogen-bond acceptors (Lipinski definition) is 6. The van der Waals surface area contributed by atoms with Crippen molar-refractivity contribution in [3.63, 3.8) is 0 Å². The fourth-order valence-corrected chi connectivity index (χ4v) is 4.45. The molecule has 1 atom stereocenters. The van der Waals surface area contributed by atoms with E-state index >= 15 is 0 Å². The van der Waals surface area contributed by atoms with E-state index in [1.165, 1.54) is 7.11 Å². The van der Waals surface area contributed by atoms with E-state index in [0.717, 1.165) is 31.1 Å². The van der Waals surface area contributed by atoms with Crippen LogP contribution in [0, 0.1) is 0 Å². The minimum atomic E-state index is -0.557. The summed E-state index contributed by atoms with van der Waals surface area (Å²) in [4.78, 5) is 32.6. The number of aromatic nitrogens is 1.